The third-order valence-electron chi connectivity index (χ3n) is 8.48. The molecule has 0 bridgehead atoms. The number of imide groups is 1. The van der Waals surface area contributed by atoms with Gasteiger partial charge in [0.05, 0.1) is 33.7 Å². The zero-order valence-corrected chi connectivity index (χ0v) is 23.7. The molecule has 8 nitrogen and oxygen atoms in total. The van der Waals surface area contributed by atoms with E-state index >= 15 is 0 Å². The Balaban J connectivity index is 1.26. The summed E-state index contributed by atoms with van der Waals surface area (Å²) in [7, 11) is 0. The number of thiophene rings is 1. The van der Waals surface area contributed by atoms with Gasteiger partial charge in [-0.05, 0) is 60.0 Å². The van der Waals surface area contributed by atoms with E-state index in [4.69, 9.17) is 4.98 Å². The van der Waals surface area contributed by atoms with Gasteiger partial charge in [-0.3, -0.25) is 14.5 Å². The highest BCUT2D eigenvalue weighted by Crippen LogP contribution is 2.54. The average Bonchev–Trinajstić information content (AvgIpc) is 3.70. The fourth-order valence-electron chi connectivity index (χ4n) is 6.73. The molecule has 2 aromatic carbocycles. The zero-order chi connectivity index (χ0) is 28.8. The van der Waals surface area contributed by atoms with Gasteiger partial charge in [-0.25, -0.2) is 9.97 Å². The molecular formula is C33H25N5O3S. The van der Waals surface area contributed by atoms with Crippen LogP contribution in [0.2, 0.25) is 0 Å². The number of carbonyl (C=O) groups excluding carboxylic acids is 2. The highest BCUT2D eigenvalue weighted by atomic mass is 32.1. The van der Waals surface area contributed by atoms with Gasteiger partial charge in [0.1, 0.15) is 0 Å². The first-order valence-corrected chi connectivity index (χ1v) is 14.7. The van der Waals surface area contributed by atoms with E-state index in [-0.39, 0.29) is 24.7 Å². The predicted molar refractivity (Wildman–Crippen MR) is 160 cm³/mol. The third-order valence-corrected chi connectivity index (χ3v) is 9.16. The molecule has 42 heavy (non-hydrogen) atoms. The summed E-state index contributed by atoms with van der Waals surface area (Å²) in [6.45, 7) is 3.68. The van der Waals surface area contributed by atoms with E-state index in [1.54, 1.807) is 47.0 Å². The molecule has 4 aromatic heterocycles. The first-order valence-electron chi connectivity index (χ1n) is 13.7. The molecule has 0 radical (unpaired) electrons. The van der Waals surface area contributed by atoms with E-state index in [1.165, 1.54) is 4.90 Å². The maximum atomic E-state index is 13.5. The smallest absolute Gasteiger partial charge is 0.262 e. The summed E-state index contributed by atoms with van der Waals surface area (Å²) in [6, 6.07) is 20.9. The first-order chi connectivity index (χ1) is 20.2. The Kier molecular flexibility index (Phi) is 5.15. The molecule has 0 unspecified atom stereocenters. The number of pyridine rings is 1. The molecule has 0 atom stereocenters. The van der Waals surface area contributed by atoms with Gasteiger partial charge in [0.15, 0.2) is 11.3 Å². The summed E-state index contributed by atoms with van der Waals surface area (Å²) < 4.78 is 1.77. The minimum Gasteiger partial charge on any atom is -0.390 e. The Labute approximate surface area is 244 Å². The Hall–Kier alpha value is -4.73. The monoisotopic (exact) mass is 571 g/mol. The van der Waals surface area contributed by atoms with E-state index in [2.05, 4.69) is 27.6 Å². The van der Waals surface area contributed by atoms with Crippen LogP contribution in [-0.2, 0) is 5.54 Å². The van der Waals surface area contributed by atoms with Crippen molar-refractivity contribution < 1.29 is 14.7 Å². The van der Waals surface area contributed by atoms with Crippen molar-refractivity contribution in [1.82, 2.24) is 24.5 Å². The first kappa shape index (κ1) is 25.0. The number of hydrogen-bond donors (Lipinski definition) is 1. The largest absolute Gasteiger partial charge is 0.390 e. The molecule has 5 heterocycles. The summed E-state index contributed by atoms with van der Waals surface area (Å²) in [5.41, 5.74) is 5.71. The van der Waals surface area contributed by atoms with E-state index in [9.17, 15) is 14.7 Å². The average molecular weight is 572 g/mol. The van der Waals surface area contributed by atoms with Crippen LogP contribution in [0.15, 0.2) is 83.7 Å². The second-order valence-corrected chi connectivity index (χ2v) is 12.4. The molecule has 1 N–H and O–H groups in total. The molecule has 1 aliphatic carbocycles. The van der Waals surface area contributed by atoms with Crippen LogP contribution in [0.25, 0.3) is 39.1 Å². The number of fused-ring (bicyclic) bond motifs is 4. The van der Waals surface area contributed by atoms with Crippen LogP contribution in [0, 0.1) is 6.92 Å². The van der Waals surface area contributed by atoms with Crippen molar-refractivity contribution in [2.24, 2.45) is 0 Å². The van der Waals surface area contributed by atoms with Crippen molar-refractivity contribution in [3.8, 4) is 22.4 Å². The van der Waals surface area contributed by atoms with Crippen LogP contribution in [-0.4, -0.2) is 47.0 Å². The number of amides is 2. The number of carbonyl (C=O) groups is 2. The predicted octanol–water partition coefficient (Wildman–Crippen LogP) is 6.02. The molecule has 2 amide bonds. The minimum atomic E-state index is -0.985. The third kappa shape index (κ3) is 3.53. The number of hydrogen-bond acceptors (Lipinski definition) is 7. The van der Waals surface area contributed by atoms with Gasteiger partial charge in [0, 0.05) is 41.6 Å². The zero-order valence-electron chi connectivity index (χ0n) is 22.9. The second-order valence-electron chi connectivity index (χ2n) is 11.6. The molecule has 8 rings (SSSR count). The van der Waals surface area contributed by atoms with Crippen molar-refractivity contribution in [1.29, 1.82) is 0 Å². The molecule has 1 fully saturated rings. The summed E-state index contributed by atoms with van der Waals surface area (Å²) in [5, 5.41) is 20.5. The summed E-state index contributed by atoms with van der Waals surface area (Å²) in [4.78, 5) is 38.1. The number of aryl methyl sites for hydroxylation is 1. The van der Waals surface area contributed by atoms with Gasteiger partial charge < -0.3 is 5.11 Å². The van der Waals surface area contributed by atoms with Gasteiger partial charge >= 0.3 is 0 Å². The Morgan fingerprint density at radius 2 is 1.62 bits per heavy atom. The van der Waals surface area contributed by atoms with E-state index < -0.39 is 11.1 Å². The fraction of sp³-hybridized carbons (Fsp3) is 0.182. The second kappa shape index (κ2) is 8.64. The maximum absolute atomic E-state index is 13.5. The maximum Gasteiger partial charge on any atom is 0.262 e. The highest BCUT2D eigenvalue weighted by Gasteiger charge is 2.60. The van der Waals surface area contributed by atoms with Gasteiger partial charge in [-0.15, -0.1) is 0 Å². The van der Waals surface area contributed by atoms with Crippen LogP contribution in [0.3, 0.4) is 0 Å². The quantitative estimate of drug-likeness (QED) is 0.260. The molecule has 0 spiro atoms. The molecular weight excluding hydrogens is 546 g/mol. The minimum absolute atomic E-state index is 0.267. The van der Waals surface area contributed by atoms with Gasteiger partial charge in [-0.2, -0.15) is 21.0 Å². The number of nitrogens with zero attached hydrogens (tertiary/aromatic N) is 5. The van der Waals surface area contributed by atoms with Crippen LogP contribution >= 0.6 is 11.3 Å². The van der Waals surface area contributed by atoms with Gasteiger partial charge in [-0.1, -0.05) is 36.4 Å². The van der Waals surface area contributed by atoms with E-state index in [0.29, 0.717) is 16.8 Å². The Morgan fingerprint density at radius 3 is 2.26 bits per heavy atom. The van der Waals surface area contributed by atoms with Crippen LogP contribution in [0.1, 0.15) is 51.7 Å². The summed E-state index contributed by atoms with van der Waals surface area (Å²) in [6.07, 6.45) is 2.36. The summed E-state index contributed by atoms with van der Waals surface area (Å²) >= 11 is 1.62. The summed E-state index contributed by atoms with van der Waals surface area (Å²) in [5.74, 6) is -0.642. The molecule has 1 aliphatic heterocycles. The lowest BCUT2D eigenvalue weighted by Crippen LogP contribution is -2.63. The SMILES string of the molecule is Cc1cc2ncc3cc(-c4ccsc4)c(-c4ccc(C5(N6C(=O)c7ccccc7C6=O)CC(C)(O)C5)cc4)nc3n2n1. The molecule has 206 valence electrons. The Morgan fingerprint density at radius 1 is 0.905 bits per heavy atom. The van der Waals surface area contributed by atoms with Crippen molar-refractivity contribution in [3.05, 3.63) is 106 Å². The van der Waals surface area contributed by atoms with Crippen molar-refractivity contribution in [2.45, 2.75) is 37.8 Å². The van der Waals surface area contributed by atoms with Crippen LogP contribution in [0.4, 0.5) is 0 Å². The molecule has 1 saturated carbocycles. The normalized spacial score (nSPS) is 21.7. The lowest BCUT2D eigenvalue weighted by Gasteiger charge is -2.55. The molecule has 0 saturated heterocycles. The van der Waals surface area contributed by atoms with Crippen molar-refractivity contribution in [2.75, 3.05) is 0 Å². The number of rotatable bonds is 4. The standard InChI is InChI=1S/C33H25N5O3S/c1-19-13-27-34-15-22-14-26(21-11-12-42-16-21)28(35-29(22)38(27)36-19)20-7-9-23(10-8-20)33(17-32(2,41)18-33)37-30(39)24-5-3-4-6-25(24)31(37)40/h3-16,41H,17-18H2,1-2H3. The van der Waals surface area contributed by atoms with Gasteiger partial charge in [0.25, 0.3) is 11.8 Å². The van der Waals surface area contributed by atoms with Crippen LogP contribution in [0.5, 0.6) is 0 Å². The number of aromatic nitrogens is 4. The lowest BCUT2D eigenvalue weighted by molar-refractivity contribution is -0.118. The lowest BCUT2D eigenvalue weighted by atomic mass is 9.61. The number of benzene rings is 2. The van der Waals surface area contributed by atoms with E-state index in [1.807, 2.05) is 48.8 Å². The van der Waals surface area contributed by atoms with Crippen molar-refractivity contribution in [3.63, 3.8) is 0 Å². The van der Waals surface area contributed by atoms with Crippen LogP contribution < -0.4 is 0 Å². The molecule has 9 heteroatoms. The van der Waals surface area contributed by atoms with E-state index in [0.717, 1.165) is 44.7 Å². The number of aliphatic hydroxyl groups is 1. The highest BCUT2D eigenvalue weighted by molar-refractivity contribution is 7.08. The topological polar surface area (TPSA) is 101 Å². The van der Waals surface area contributed by atoms with Crippen molar-refractivity contribution >= 4 is 39.8 Å². The molecule has 6 aromatic rings. The van der Waals surface area contributed by atoms with Gasteiger partial charge in [0.2, 0.25) is 0 Å². The fourth-order valence-corrected chi connectivity index (χ4v) is 7.38. The molecule has 2 aliphatic rings. The Bertz CT molecular complexity index is 2040.